The van der Waals surface area contributed by atoms with Gasteiger partial charge in [-0.1, -0.05) is 0 Å². The van der Waals surface area contributed by atoms with Crippen LogP contribution in [-0.4, -0.2) is 34.8 Å². The van der Waals surface area contributed by atoms with Crippen molar-refractivity contribution in [2.75, 3.05) is 6.54 Å². The van der Waals surface area contributed by atoms with Crippen molar-refractivity contribution in [2.45, 2.75) is 44.7 Å². The molecule has 1 aliphatic heterocycles. The number of amides is 2. The van der Waals surface area contributed by atoms with Crippen molar-refractivity contribution in [2.24, 2.45) is 0 Å². The number of hydrogen-bond acceptors (Lipinski definition) is 2. The Bertz CT molecular complexity index is 282. The van der Waals surface area contributed by atoms with Crippen LogP contribution in [-0.2, 0) is 4.79 Å². The van der Waals surface area contributed by atoms with Gasteiger partial charge in [-0.05, 0) is 26.7 Å². The van der Waals surface area contributed by atoms with Gasteiger partial charge in [-0.2, -0.15) is 0 Å². The molecule has 2 aliphatic rings. The fourth-order valence-electron chi connectivity index (χ4n) is 1.85. The molecular weight excluding hydrogens is 180 g/mol. The molecule has 2 fully saturated rings. The highest BCUT2D eigenvalue weighted by Crippen LogP contribution is 2.27. The quantitative estimate of drug-likeness (QED) is 0.677. The van der Waals surface area contributed by atoms with Crippen LogP contribution in [0.25, 0.3) is 0 Å². The monoisotopic (exact) mass is 196 g/mol. The van der Waals surface area contributed by atoms with E-state index in [1.165, 1.54) is 0 Å². The minimum Gasteiger partial charge on any atom is -0.335 e. The second kappa shape index (κ2) is 2.97. The highest BCUT2D eigenvalue weighted by molar-refractivity contribution is 5.90. The first-order valence-corrected chi connectivity index (χ1v) is 5.09. The van der Waals surface area contributed by atoms with Crippen LogP contribution >= 0.6 is 0 Å². The maximum atomic E-state index is 11.7. The molecule has 1 N–H and O–H groups in total. The molecule has 4 heteroatoms. The largest absolute Gasteiger partial charge is 0.335 e. The molecule has 78 valence electrons. The third-order valence-corrected chi connectivity index (χ3v) is 2.85. The fraction of sp³-hybridized carbons (Fsp3) is 0.800. The van der Waals surface area contributed by atoms with Gasteiger partial charge >= 0.3 is 6.03 Å². The molecule has 0 aromatic heterocycles. The number of carbonyl (C=O) groups is 2. The van der Waals surface area contributed by atoms with E-state index in [1.54, 1.807) is 4.90 Å². The number of urea groups is 1. The molecule has 0 radical (unpaired) electrons. The summed E-state index contributed by atoms with van der Waals surface area (Å²) in [5.41, 5.74) is -0.309. The van der Waals surface area contributed by atoms with Crippen molar-refractivity contribution in [1.29, 1.82) is 0 Å². The third-order valence-electron chi connectivity index (χ3n) is 2.85. The summed E-state index contributed by atoms with van der Waals surface area (Å²) >= 11 is 0. The van der Waals surface area contributed by atoms with Crippen molar-refractivity contribution in [3.8, 4) is 0 Å². The number of nitrogens with one attached hydrogen (secondary N) is 1. The zero-order chi connectivity index (χ0) is 10.3. The lowest BCUT2D eigenvalue weighted by Crippen LogP contribution is -2.48. The molecule has 0 unspecified atom stereocenters. The van der Waals surface area contributed by atoms with E-state index in [0.717, 1.165) is 12.8 Å². The highest BCUT2D eigenvalue weighted by atomic mass is 16.2. The predicted molar refractivity (Wildman–Crippen MR) is 52.0 cm³/mol. The minimum atomic E-state index is -0.309. The maximum Gasteiger partial charge on any atom is 0.318 e. The Kier molecular flexibility index (Phi) is 2.01. The molecule has 4 nitrogen and oxygen atoms in total. The van der Waals surface area contributed by atoms with Crippen molar-refractivity contribution in [1.82, 2.24) is 10.2 Å². The SMILES string of the molecule is CC1(C)CC(=O)CN1C(=O)NC1CC1. The van der Waals surface area contributed by atoms with Crippen LogP contribution in [0.4, 0.5) is 4.79 Å². The van der Waals surface area contributed by atoms with Crippen molar-refractivity contribution in [3.63, 3.8) is 0 Å². The molecule has 14 heavy (non-hydrogen) atoms. The molecular formula is C10H16N2O2. The standard InChI is InChI=1S/C10H16N2O2/c1-10(2)5-8(13)6-12(10)9(14)11-7-3-4-7/h7H,3-6H2,1-2H3,(H,11,14). The van der Waals surface area contributed by atoms with E-state index >= 15 is 0 Å². The molecule has 0 spiro atoms. The Morgan fingerprint density at radius 2 is 2.14 bits per heavy atom. The van der Waals surface area contributed by atoms with E-state index in [9.17, 15) is 9.59 Å². The number of likely N-dealkylation sites (tertiary alicyclic amines) is 1. The van der Waals surface area contributed by atoms with Gasteiger partial charge in [-0.3, -0.25) is 4.79 Å². The van der Waals surface area contributed by atoms with Gasteiger partial charge in [0, 0.05) is 18.0 Å². The van der Waals surface area contributed by atoms with Crippen LogP contribution in [0.3, 0.4) is 0 Å². The number of nitrogens with zero attached hydrogens (tertiary/aromatic N) is 1. The Morgan fingerprint density at radius 3 is 2.57 bits per heavy atom. The Balaban J connectivity index is 2.01. The molecule has 1 heterocycles. The van der Waals surface area contributed by atoms with Gasteiger partial charge < -0.3 is 10.2 Å². The van der Waals surface area contributed by atoms with E-state index in [4.69, 9.17) is 0 Å². The average Bonchev–Trinajstić information content (AvgIpc) is 2.77. The molecule has 0 aromatic rings. The van der Waals surface area contributed by atoms with Crippen molar-refractivity contribution >= 4 is 11.8 Å². The summed E-state index contributed by atoms with van der Waals surface area (Å²) in [7, 11) is 0. The lowest BCUT2D eigenvalue weighted by atomic mass is 10.0. The summed E-state index contributed by atoms with van der Waals surface area (Å²) in [6, 6.07) is 0.275. The first kappa shape index (κ1) is 9.49. The number of Topliss-reactive ketones (excluding diaryl/α,β-unsaturated/α-hetero) is 1. The molecule has 2 rings (SSSR count). The van der Waals surface area contributed by atoms with Crippen LogP contribution < -0.4 is 5.32 Å². The first-order chi connectivity index (χ1) is 6.49. The molecule has 0 aromatic carbocycles. The van der Waals surface area contributed by atoms with Gasteiger partial charge in [-0.15, -0.1) is 0 Å². The first-order valence-electron chi connectivity index (χ1n) is 5.09. The van der Waals surface area contributed by atoms with E-state index in [0.29, 0.717) is 12.5 Å². The van der Waals surface area contributed by atoms with E-state index in [-0.39, 0.29) is 23.9 Å². The Labute approximate surface area is 83.6 Å². The van der Waals surface area contributed by atoms with Crippen LogP contribution in [0.1, 0.15) is 33.1 Å². The second-order valence-corrected chi connectivity index (χ2v) is 4.84. The lowest BCUT2D eigenvalue weighted by Gasteiger charge is -2.30. The predicted octanol–water partition coefficient (Wildman–Crippen LogP) is 0.912. The Hall–Kier alpha value is -1.06. The summed E-state index contributed by atoms with van der Waals surface area (Å²) in [6.45, 7) is 4.14. The van der Waals surface area contributed by atoms with Crippen LogP contribution in [0.2, 0.25) is 0 Å². The van der Waals surface area contributed by atoms with Crippen molar-refractivity contribution in [3.05, 3.63) is 0 Å². The zero-order valence-electron chi connectivity index (χ0n) is 8.67. The maximum absolute atomic E-state index is 11.7. The van der Waals surface area contributed by atoms with E-state index in [1.807, 2.05) is 13.8 Å². The Morgan fingerprint density at radius 1 is 1.50 bits per heavy atom. The summed E-state index contributed by atoms with van der Waals surface area (Å²) < 4.78 is 0. The molecule has 1 aliphatic carbocycles. The molecule has 0 bridgehead atoms. The highest BCUT2D eigenvalue weighted by Gasteiger charge is 2.41. The van der Waals surface area contributed by atoms with E-state index in [2.05, 4.69) is 5.32 Å². The third kappa shape index (κ3) is 1.74. The van der Waals surface area contributed by atoms with Gasteiger partial charge in [0.25, 0.3) is 0 Å². The van der Waals surface area contributed by atoms with Crippen LogP contribution in [0, 0.1) is 0 Å². The van der Waals surface area contributed by atoms with Gasteiger partial charge in [0.2, 0.25) is 0 Å². The normalized spacial score (nSPS) is 25.3. The lowest BCUT2D eigenvalue weighted by molar-refractivity contribution is -0.116. The summed E-state index contributed by atoms with van der Waals surface area (Å²) in [4.78, 5) is 24.6. The second-order valence-electron chi connectivity index (χ2n) is 4.84. The number of carbonyl (C=O) groups excluding carboxylic acids is 2. The molecule has 2 amide bonds. The van der Waals surface area contributed by atoms with Crippen LogP contribution in [0.5, 0.6) is 0 Å². The molecule has 0 atom stereocenters. The number of ketones is 1. The number of rotatable bonds is 1. The van der Waals surface area contributed by atoms with Gasteiger partial charge in [0.1, 0.15) is 0 Å². The number of hydrogen-bond donors (Lipinski definition) is 1. The minimum absolute atomic E-state index is 0.0802. The summed E-state index contributed by atoms with van der Waals surface area (Å²) in [5, 5.41) is 2.91. The molecule has 1 saturated carbocycles. The van der Waals surface area contributed by atoms with E-state index < -0.39 is 0 Å². The van der Waals surface area contributed by atoms with Gasteiger partial charge in [0.05, 0.1) is 6.54 Å². The van der Waals surface area contributed by atoms with Crippen molar-refractivity contribution < 1.29 is 9.59 Å². The van der Waals surface area contributed by atoms with Gasteiger partial charge in [-0.25, -0.2) is 4.79 Å². The zero-order valence-corrected chi connectivity index (χ0v) is 8.67. The molecule has 1 saturated heterocycles. The topological polar surface area (TPSA) is 49.4 Å². The average molecular weight is 196 g/mol. The van der Waals surface area contributed by atoms with Crippen LogP contribution in [0.15, 0.2) is 0 Å². The fourth-order valence-corrected chi connectivity index (χ4v) is 1.85. The summed E-state index contributed by atoms with van der Waals surface area (Å²) in [6.07, 6.45) is 2.63. The van der Waals surface area contributed by atoms with Gasteiger partial charge in [0.15, 0.2) is 5.78 Å². The smallest absolute Gasteiger partial charge is 0.318 e. The summed E-state index contributed by atoms with van der Waals surface area (Å²) in [5.74, 6) is 0.154.